The molecular weight excluding hydrogens is 255 g/mol. The molecule has 1 heterocycles. The van der Waals surface area contributed by atoms with Gasteiger partial charge < -0.3 is 10.2 Å². The monoisotopic (exact) mass is 270 g/mol. The van der Waals surface area contributed by atoms with Crippen LogP contribution in [0.5, 0.6) is 0 Å². The maximum Gasteiger partial charge on any atom is 0.256 e. The molecule has 2 aromatic carbocycles. The number of para-hydroxylation sites is 1. The van der Waals surface area contributed by atoms with E-state index in [2.05, 4.69) is 5.32 Å². The molecule has 0 saturated carbocycles. The molecule has 1 N–H and O–H groups in total. The van der Waals surface area contributed by atoms with Crippen molar-refractivity contribution < 1.29 is 9.18 Å². The van der Waals surface area contributed by atoms with Crippen molar-refractivity contribution in [3.05, 3.63) is 65.0 Å². The Hall–Kier alpha value is -2.36. The first-order valence-electron chi connectivity index (χ1n) is 6.53. The Balaban J connectivity index is 1.91. The van der Waals surface area contributed by atoms with Crippen LogP contribution >= 0.6 is 0 Å². The Bertz CT molecular complexity index is 644. The molecule has 1 aliphatic heterocycles. The number of amides is 1. The molecule has 0 bridgehead atoms. The fraction of sp³-hybridized carbons (Fsp3) is 0.188. The van der Waals surface area contributed by atoms with Crippen LogP contribution in [0.4, 0.5) is 10.1 Å². The summed E-state index contributed by atoms with van der Waals surface area (Å²) in [5, 5.41) is 2.77. The molecule has 0 fully saturated rings. The number of anilines is 1. The molecule has 0 aromatic heterocycles. The second-order valence-electron chi connectivity index (χ2n) is 4.84. The van der Waals surface area contributed by atoms with Crippen LogP contribution in [-0.2, 0) is 13.1 Å². The number of halogens is 1. The van der Waals surface area contributed by atoms with Crippen molar-refractivity contribution in [3.63, 3.8) is 0 Å². The summed E-state index contributed by atoms with van der Waals surface area (Å²) in [6.07, 6.45) is 0. The summed E-state index contributed by atoms with van der Waals surface area (Å²) in [7, 11) is 1.62. The van der Waals surface area contributed by atoms with Gasteiger partial charge in [0, 0.05) is 20.1 Å². The van der Waals surface area contributed by atoms with Crippen molar-refractivity contribution in [2.24, 2.45) is 0 Å². The van der Waals surface area contributed by atoms with E-state index in [9.17, 15) is 9.18 Å². The summed E-state index contributed by atoms with van der Waals surface area (Å²) >= 11 is 0. The van der Waals surface area contributed by atoms with Gasteiger partial charge in [-0.1, -0.05) is 30.3 Å². The van der Waals surface area contributed by atoms with Gasteiger partial charge in [0.1, 0.15) is 5.82 Å². The lowest BCUT2D eigenvalue weighted by Gasteiger charge is -2.18. The molecule has 4 heteroatoms. The summed E-state index contributed by atoms with van der Waals surface area (Å²) in [5.74, 6) is -0.555. The van der Waals surface area contributed by atoms with E-state index in [1.165, 1.54) is 6.07 Å². The Morgan fingerprint density at radius 3 is 2.35 bits per heavy atom. The van der Waals surface area contributed by atoms with Crippen LogP contribution in [0.1, 0.15) is 21.5 Å². The molecule has 1 aliphatic rings. The minimum atomic E-state index is -0.407. The van der Waals surface area contributed by atoms with Gasteiger partial charge in [-0.15, -0.1) is 0 Å². The van der Waals surface area contributed by atoms with Crippen molar-refractivity contribution in [2.75, 3.05) is 12.4 Å². The first-order chi connectivity index (χ1) is 9.70. The molecule has 102 valence electrons. The van der Waals surface area contributed by atoms with Crippen molar-refractivity contribution >= 4 is 11.6 Å². The van der Waals surface area contributed by atoms with Crippen molar-refractivity contribution in [1.29, 1.82) is 0 Å². The normalized spacial score (nSPS) is 13.2. The zero-order valence-electron chi connectivity index (χ0n) is 11.2. The van der Waals surface area contributed by atoms with Crippen LogP contribution in [0.15, 0.2) is 42.5 Å². The highest BCUT2D eigenvalue weighted by molar-refractivity contribution is 5.99. The average Bonchev–Trinajstić information content (AvgIpc) is 2.90. The van der Waals surface area contributed by atoms with E-state index < -0.39 is 5.82 Å². The number of nitrogens with one attached hydrogen (secondary N) is 1. The minimum absolute atomic E-state index is 0.148. The molecule has 0 spiro atoms. The number of carbonyl (C=O) groups excluding carboxylic acids is 1. The maximum absolute atomic E-state index is 13.7. The van der Waals surface area contributed by atoms with Crippen LogP contribution in [0.2, 0.25) is 0 Å². The lowest BCUT2D eigenvalue weighted by Crippen LogP contribution is -2.26. The van der Waals surface area contributed by atoms with Gasteiger partial charge in [-0.2, -0.15) is 0 Å². The third kappa shape index (κ3) is 2.03. The van der Waals surface area contributed by atoms with E-state index >= 15 is 0 Å². The molecule has 3 nitrogen and oxygen atoms in total. The van der Waals surface area contributed by atoms with Gasteiger partial charge in [0.15, 0.2) is 0 Å². The largest absolute Gasteiger partial charge is 0.385 e. The van der Waals surface area contributed by atoms with E-state index in [4.69, 9.17) is 0 Å². The molecular formula is C16H15FN2O. The zero-order valence-corrected chi connectivity index (χ0v) is 11.2. The van der Waals surface area contributed by atoms with Gasteiger partial charge in [-0.3, -0.25) is 4.79 Å². The zero-order chi connectivity index (χ0) is 14.1. The van der Waals surface area contributed by atoms with Gasteiger partial charge >= 0.3 is 0 Å². The Kier molecular flexibility index (Phi) is 3.14. The van der Waals surface area contributed by atoms with Crippen molar-refractivity contribution in [1.82, 2.24) is 4.90 Å². The molecule has 0 radical (unpaired) electrons. The summed E-state index contributed by atoms with van der Waals surface area (Å²) in [5.41, 5.74) is 2.94. The first kappa shape index (κ1) is 12.7. The topological polar surface area (TPSA) is 32.3 Å². The highest BCUT2D eigenvalue weighted by Crippen LogP contribution is 2.27. The number of fused-ring (bicyclic) bond motifs is 1. The van der Waals surface area contributed by atoms with Crippen molar-refractivity contribution in [2.45, 2.75) is 13.1 Å². The lowest BCUT2D eigenvalue weighted by atomic mass is 10.1. The van der Waals surface area contributed by atoms with Crippen LogP contribution in [0.3, 0.4) is 0 Å². The quantitative estimate of drug-likeness (QED) is 0.909. The van der Waals surface area contributed by atoms with Gasteiger partial charge in [-0.05, 0) is 23.3 Å². The van der Waals surface area contributed by atoms with Crippen LogP contribution in [0.25, 0.3) is 0 Å². The summed E-state index contributed by atoms with van der Waals surface area (Å²) in [6.45, 7) is 1.16. The number of nitrogens with zero attached hydrogens (tertiary/aromatic N) is 1. The summed E-state index contributed by atoms with van der Waals surface area (Å²) in [4.78, 5) is 14.3. The molecule has 0 unspecified atom stereocenters. The minimum Gasteiger partial charge on any atom is -0.385 e. The number of carbonyl (C=O) groups is 1. The van der Waals surface area contributed by atoms with E-state index in [1.54, 1.807) is 24.1 Å². The fourth-order valence-corrected chi connectivity index (χ4v) is 2.60. The molecule has 2 aromatic rings. The maximum atomic E-state index is 13.7. The summed E-state index contributed by atoms with van der Waals surface area (Å²) < 4.78 is 13.7. The standard InChI is InChI=1S/C16H15FN2O/c1-18-15-13(7-4-8-14(15)17)16(20)19-9-11-5-2-3-6-12(11)10-19/h2-8,18H,9-10H2,1H3. The Labute approximate surface area is 117 Å². The number of hydrogen-bond acceptors (Lipinski definition) is 2. The second kappa shape index (κ2) is 4.96. The number of rotatable bonds is 2. The van der Waals surface area contributed by atoms with E-state index in [1.807, 2.05) is 24.3 Å². The molecule has 20 heavy (non-hydrogen) atoms. The van der Waals surface area contributed by atoms with Gasteiger partial charge in [-0.25, -0.2) is 4.39 Å². The van der Waals surface area contributed by atoms with E-state index in [-0.39, 0.29) is 11.6 Å². The molecule has 0 atom stereocenters. The third-order valence-corrected chi connectivity index (χ3v) is 3.62. The third-order valence-electron chi connectivity index (χ3n) is 3.62. The van der Waals surface area contributed by atoms with E-state index in [0.29, 0.717) is 18.7 Å². The van der Waals surface area contributed by atoms with Crippen LogP contribution in [0, 0.1) is 5.82 Å². The van der Waals surface area contributed by atoms with Gasteiger partial charge in [0.2, 0.25) is 0 Å². The molecule has 0 aliphatic carbocycles. The molecule has 0 saturated heterocycles. The van der Waals surface area contributed by atoms with Crippen LogP contribution < -0.4 is 5.32 Å². The Morgan fingerprint density at radius 2 is 1.75 bits per heavy atom. The SMILES string of the molecule is CNc1c(F)cccc1C(=O)N1Cc2ccccc2C1. The lowest BCUT2D eigenvalue weighted by molar-refractivity contribution is 0.0752. The second-order valence-corrected chi connectivity index (χ2v) is 4.84. The van der Waals surface area contributed by atoms with Gasteiger partial charge in [0.25, 0.3) is 5.91 Å². The van der Waals surface area contributed by atoms with Gasteiger partial charge in [0.05, 0.1) is 11.3 Å². The number of benzene rings is 2. The molecule has 1 amide bonds. The average molecular weight is 270 g/mol. The number of hydrogen-bond donors (Lipinski definition) is 1. The smallest absolute Gasteiger partial charge is 0.256 e. The molecule has 3 rings (SSSR count). The van der Waals surface area contributed by atoms with Crippen LogP contribution in [-0.4, -0.2) is 17.9 Å². The fourth-order valence-electron chi connectivity index (χ4n) is 2.60. The predicted molar refractivity (Wildman–Crippen MR) is 76.0 cm³/mol. The Morgan fingerprint density at radius 1 is 1.10 bits per heavy atom. The highest BCUT2D eigenvalue weighted by Gasteiger charge is 2.26. The first-order valence-corrected chi connectivity index (χ1v) is 6.53. The highest BCUT2D eigenvalue weighted by atomic mass is 19.1. The summed E-state index contributed by atoms with van der Waals surface area (Å²) in [6, 6.07) is 12.5. The van der Waals surface area contributed by atoms with E-state index in [0.717, 1.165) is 11.1 Å². The predicted octanol–water partition coefficient (Wildman–Crippen LogP) is 3.02. The van der Waals surface area contributed by atoms with Crippen molar-refractivity contribution in [3.8, 4) is 0 Å².